The number of aromatic nitrogens is 1. The SMILES string of the molecule is Cc1c(/C=C2/SC(=O)N(CCCc3ccccc3)C2=O)c2ccccc2n1Cc1ccccc1C#N. The summed E-state index contributed by atoms with van der Waals surface area (Å²) in [5.74, 6) is -0.232. The first kappa shape index (κ1) is 23.7. The van der Waals surface area contributed by atoms with E-state index in [9.17, 15) is 14.9 Å². The smallest absolute Gasteiger partial charge is 0.293 e. The van der Waals surface area contributed by atoms with E-state index in [1.165, 1.54) is 10.5 Å². The minimum atomic E-state index is -0.232. The minimum Gasteiger partial charge on any atom is -0.340 e. The van der Waals surface area contributed by atoms with Crippen LogP contribution in [0.15, 0.2) is 83.8 Å². The number of hydrogen-bond acceptors (Lipinski definition) is 4. The van der Waals surface area contributed by atoms with Gasteiger partial charge in [-0.25, -0.2) is 0 Å². The number of imide groups is 1. The average molecular weight is 492 g/mol. The summed E-state index contributed by atoms with van der Waals surface area (Å²) in [5.41, 5.74) is 5.72. The van der Waals surface area contributed by atoms with Gasteiger partial charge >= 0.3 is 0 Å². The number of hydrogen-bond donors (Lipinski definition) is 0. The zero-order chi connectivity index (χ0) is 25.1. The number of thioether (sulfide) groups is 1. The number of para-hydroxylation sites is 1. The molecule has 0 saturated carbocycles. The summed E-state index contributed by atoms with van der Waals surface area (Å²) in [6, 6.07) is 28.0. The van der Waals surface area contributed by atoms with Gasteiger partial charge in [-0.2, -0.15) is 5.26 Å². The fraction of sp³-hybridized carbons (Fsp3) is 0.167. The molecule has 5 rings (SSSR count). The summed E-state index contributed by atoms with van der Waals surface area (Å²) in [4.78, 5) is 27.7. The standard InChI is InChI=1S/C30H25N3O2S/c1-21-26(18-28-29(34)32(30(35)36-28)17-9-12-22-10-3-2-4-11-22)25-15-7-8-16-27(25)33(21)20-24-14-6-5-13-23(24)19-31/h2-8,10-11,13-16,18H,9,12,17,20H2,1H3/b28-18+. The van der Waals surface area contributed by atoms with Gasteiger partial charge in [0.05, 0.1) is 16.5 Å². The van der Waals surface area contributed by atoms with E-state index in [4.69, 9.17) is 0 Å². The Bertz CT molecular complexity index is 1530. The van der Waals surface area contributed by atoms with Crippen molar-refractivity contribution >= 4 is 39.9 Å². The molecule has 3 aromatic carbocycles. The summed E-state index contributed by atoms with van der Waals surface area (Å²) in [5, 5.41) is 10.3. The lowest BCUT2D eigenvalue weighted by molar-refractivity contribution is -0.122. The molecule has 1 aliphatic heterocycles. The van der Waals surface area contributed by atoms with Crippen molar-refractivity contribution in [2.45, 2.75) is 26.3 Å². The lowest BCUT2D eigenvalue weighted by atomic mass is 10.1. The number of nitriles is 1. The van der Waals surface area contributed by atoms with Crippen molar-refractivity contribution in [3.8, 4) is 6.07 Å². The second-order valence-electron chi connectivity index (χ2n) is 8.79. The Labute approximate surface area is 214 Å². The molecule has 2 amide bonds. The van der Waals surface area contributed by atoms with Gasteiger partial charge in [-0.15, -0.1) is 0 Å². The molecule has 1 saturated heterocycles. The fourth-order valence-corrected chi connectivity index (χ4v) is 5.54. The van der Waals surface area contributed by atoms with Crippen LogP contribution in [-0.2, 0) is 17.8 Å². The number of nitrogens with zero attached hydrogens (tertiary/aromatic N) is 3. The molecule has 2 heterocycles. The van der Waals surface area contributed by atoms with Crippen molar-refractivity contribution in [1.29, 1.82) is 5.26 Å². The van der Waals surface area contributed by atoms with Crippen LogP contribution in [0.5, 0.6) is 0 Å². The van der Waals surface area contributed by atoms with Crippen LogP contribution in [-0.4, -0.2) is 27.2 Å². The molecule has 178 valence electrons. The maximum Gasteiger partial charge on any atom is 0.293 e. The average Bonchev–Trinajstić information content (AvgIpc) is 3.32. The molecular formula is C30H25N3O2S. The van der Waals surface area contributed by atoms with E-state index in [-0.39, 0.29) is 11.1 Å². The zero-order valence-electron chi connectivity index (χ0n) is 20.0. The normalized spacial score (nSPS) is 14.7. The van der Waals surface area contributed by atoms with Crippen LogP contribution in [0, 0.1) is 18.3 Å². The maximum atomic E-state index is 13.2. The molecule has 1 aromatic heterocycles. The third-order valence-electron chi connectivity index (χ3n) is 6.58. The largest absolute Gasteiger partial charge is 0.340 e. The fourth-order valence-electron chi connectivity index (χ4n) is 4.69. The second kappa shape index (κ2) is 10.3. The summed E-state index contributed by atoms with van der Waals surface area (Å²) >= 11 is 1.01. The number of rotatable bonds is 7. The molecule has 0 N–H and O–H groups in total. The molecule has 1 fully saturated rings. The molecule has 0 atom stereocenters. The Kier molecular flexibility index (Phi) is 6.75. The predicted molar refractivity (Wildman–Crippen MR) is 144 cm³/mol. The van der Waals surface area contributed by atoms with E-state index in [0.29, 0.717) is 23.6 Å². The van der Waals surface area contributed by atoms with Crippen LogP contribution in [0.2, 0.25) is 0 Å². The number of amides is 2. The Morgan fingerprint density at radius 1 is 0.944 bits per heavy atom. The summed E-state index contributed by atoms with van der Waals surface area (Å²) < 4.78 is 2.17. The van der Waals surface area contributed by atoms with Gasteiger partial charge in [0, 0.05) is 35.2 Å². The lowest BCUT2D eigenvalue weighted by Crippen LogP contribution is -2.29. The van der Waals surface area contributed by atoms with Gasteiger partial charge in [-0.05, 0) is 60.9 Å². The van der Waals surface area contributed by atoms with E-state index in [1.54, 1.807) is 0 Å². The second-order valence-corrected chi connectivity index (χ2v) is 9.79. The highest BCUT2D eigenvalue weighted by molar-refractivity contribution is 8.18. The number of benzene rings is 3. The number of fused-ring (bicyclic) bond motifs is 1. The monoisotopic (exact) mass is 491 g/mol. The quantitative estimate of drug-likeness (QED) is 0.275. The van der Waals surface area contributed by atoms with Crippen LogP contribution in [0.25, 0.3) is 17.0 Å². The van der Waals surface area contributed by atoms with Crippen LogP contribution in [0.3, 0.4) is 0 Å². The highest BCUT2D eigenvalue weighted by atomic mass is 32.2. The molecule has 0 unspecified atom stereocenters. The third kappa shape index (κ3) is 4.58. The van der Waals surface area contributed by atoms with E-state index < -0.39 is 0 Å². The molecule has 1 aliphatic rings. The highest BCUT2D eigenvalue weighted by Gasteiger charge is 2.35. The molecular weight excluding hydrogens is 466 g/mol. The first-order chi connectivity index (χ1) is 17.6. The summed E-state index contributed by atoms with van der Waals surface area (Å²) in [7, 11) is 0. The van der Waals surface area contributed by atoms with Crippen molar-refractivity contribution in [2.75, 3.05) is 6.54 Å². The van der Waals surface area contributed by atoms with Crippen LogP contribution in [0.4, 0.5) is 4.79 Å². The van der Waals surface area contributed by atoms with E-state index in [0.717, 1.165) is 52.3 Å². The summed E-state index contributed by atoms with van der Waals surface area (Å²) in [6.07, 6.45) is 3.40. The minimum absolute atomic E-state index is 0.219. The number of aryl methyl sites for hydroxylation is 1. The van der Waals surface area contributed by atoms with Gasteiger partial charge in [-0.1, -0.05) is 66.7 Å². The van der Waals surface area contributed by atoms with Gasteiger partial charge in [0.2, 0.25) is 0 Å². The topological polar surface area (TPSA) is 66.1 Å². The van der Waals surface area contributed by atoms with Crippen LogP contribution in [0.1, 0.15) is 34.4 Å². The van der Waals surface area contributed by atoms with Gasteiger partial charge in [0.15, 0.2) is 0 Å². The van der Waals surface area contributed by atoms with Crippen molar-refractivity contribution in [1.82, 2.24) is 9.47 Å². The van der Waals surface area contributed by atoms with E-state index >= 15 is 0 Å². The van der Waals surface area contributed by atoms with Crippen molar-refractivity contribution in [3.05, 3.63) is 112 Å². The zero-order valence-corrected chi connectivity index (χ0v) is 20.8. The van der Waals surface area contributed by atoms with Crippen LogP contribution >= 0.6 is 11.8 Å². The number of carbonyl (C=O) groups excluding carboxylic acids is 2. The van der Waals surface area contributed by atoms with Gasteiger partial charge in [0.25, 0.3) is 11.1 Å². The van der Waals surface area contributed by atoms with E-state index in [1.807, 2.05) is 79.7 Å². The Balaban J connectivity index is 1.42. The molecule has 4 aromatic rings. The highest BCUT2D eigenvalue weighted by Crippen LogP contribution is 2.36. The third-order valence-corrected chi connectivity index (χ3v) is 7.49. The molecule has 0 aliphatic carbocycles. The van der Waals surface area contributed by atoms with Crippen molar-refractivity contribution in [3.63, 3.8) is 0 Å². The molecule has 0 spiro atoms. The molecule has 0 bridgehead atoms. The first-order valence-electron chi connectivity index (χ1n) is 11.9. The first-order valence-corrected chi connectivity index (χ1v) is 12.7. The van der Waals surface area contributed by atoms with Crippen molar-refractivity contribution in [2.24, 2.45) is 0 Å². The van der Waals surface area contributed by atoms with Gasteiger partial charge in [-0.3, -0.25) is 14.5 Å². The lowest BCUT2D eigenvalue weighted by Gasteiger charge is -2.12. The number of carbonyl (C=O) groups is 2. The van der Waals surface area contributed by atoms with Gasteiger partial charge < -0.3 is 4.57 Å². The summed E-state index contributed by atoms with van der Waals surface area (Å²) in [6.45, 7) is 2.97. The van der Waals surface area contributed by atoms with Gasteiger partial charge in [0.1, 0.15) is 0 Å². The Morgan fingerprint density at radius 2 is 1.67 bits per heavy atom. The molecule has 0 radical (unpaired) electrons. The molecule has 5 nitrogen and oxygen atoms in total. The van der Waals surface area contributed by atoms with Crippen LogP contribution < -0.4 is 0 Å². The molecule has 36 heavy (non-hydrogen) atoms. The predicted octanol–water partition coefficient (Wildman–Crippen LogP) is 6.54. The maximum absolute atomic E-state index is 13.2. The van der Waals surface area contributed by atoms with Crippen molar-refractivity contribution < 1.29 is 9.59 Å². The Hall–Kier alpha value is -4.08. The Morgan fingerprint density at radius 3 is 2.47 bits per heavy atom. The van der Waals surface area contributed by atoms with E-state index in [2.05, 4.69) is 22.8 Å². The molecule has 6 heteroatoms.